The van der Waals surface area contributed by atoms with Gasteiger partial charge in [-0.1, -0.05) is 18.2 Å². The molecule has 1 unspecified atom stereocenters. The van der Waals surface area contributed by atoms with Gasteiger partial charge in [-0.15, -0.1) is 0 Å². The summed E-state index contributed by atoms with van der Waals surface area (Å²) in [6, 6.07) is 7.90. The number of Topliss-reactive ketones (excluding diaryl/α,β-unsaturated/α-hetero) is 1. The Morgan fingerprint density at radius 2 is 2.24 bits per heavy atom. The van der Waals surface area contributed by atoms with Gasteiger partial charge in [0.2, 0.25) is 5.78 Å². The average molecular weight is 229 g/mol. The highest BCUT2D eigenvalue weighted by Gasteiger charge is 2.29. The normalized spacial score (nSPS) is 22.1. The highest BCUT2D eigenvalue weighted by Crippen LogP contribution is 2.27. The van der Waals surface area contributed by atoms with Crippen molar-refractivity contribution in [2.75, 3.05) is 11.9 Å². The molecular weight excluding hydrogens is 214 g/mol. The van der Waals surface area contributed by atoms with Crippen LogP contribution in [0.5, 0.6) is 0 Å². The van der Waals surface area contributed by atoms with E-state index in [1.165, 1.54) is 5.56 Å². The summed E-state index contributed by atoms with van der Waals surface area (Å²) in [4.78, 5) is 12.2. The zero-order valence-corrected chi connectivity index (χ0v) is 9.61. The summed E-state index contributed by atoms with van der Waals surface area (Å²) in [5, 5.41) is 3.26. The Morgan fingerprint density at radius 3 is 3.00 bits per heavy atom. The number of ether oxygens (including phenoxy) is 1. The zero-order chi connectivity index (χ0) is 11.7. The van der Waals surface area contributed by atoms with E-state index in [1.54, 1.807) is 0 Å². The van der Waals surface area contributed by atoms with Gasteiger partial charge < -0.3 is 10.1 Å². The monoisotopic (exact) mass is 229 g/mol. The lowest BCUT2D eigenvalue weighted by Crippen LogP contribution is -2.30. The van der Waals surface area contributed by atoms with Gasteiger partial charge in [-0.3, -0.25) is 4.79 Å². The molecule has 0 bridgehead atoms. The molecule has 0 fully saturated rings. The minimum Gasteiger partial charge on any atom is -0.490 e. The molecule has 3 nitrogen and oxygen atoms in total. The van der Waals surface area contributed by atoms with E-state index < -0.39 is 0 Å². The molecule has 2 aliphatic heterocycles. The van der Waals surface area contributed by atoms with Crippen molar-refractivity contribution in [1.82, 2.24) is 0 Å². The molecule has 17 heavy (non-hydrogen) atoms. The second-order valence-electron chi connectivity index (χ2n) is 4.48. The molecule has 0 saturated carbocycles. The van der Waals surface area contributed by atoms with Crippen LogP contribution in [-0.4, -0.2) is 18.4 Å². The predicted molar refractivity (Wildman–Crippen MR) is 65.8 cm³/mol. The number of nitrogens with one attached hydrogen (secondary N) is 1. The molecule has 0 saturated heterocycles. The molecule has 1 aromatic rings. The molecule has 2 heterocycles. The molecule has 0 spiro atoms. The van der Waals surface area contributed by atoms with Gasteiger partial charge >= 0.3 is 0 Å². The van der Waals surface area contributed by atoms with Crippen molar-refractivity contribution < 1.29 is 9.53 Å². The van der Waals surface area contributed by atoms with Gasteiger partial charge in [0.15, 0.2) is 5.76 Å². The molecule has 88 valence electrons. The highest BCUT2D eigenvalue weighted by atomic mass is 16.5. The van der Waals surface area contributed by atoms with Crippen molar-refractivity contribution in [1.29, 1.82) is 0 Å². The van der Waals surface area contributed by atoms with E-state index in [0.29, 0.717) is 12.4 Å². The van der Waals surface area contributed by atoms with Crippen LogP contribution in [0.4, 0.5) is 5.69 Å². The number of rotatable bonds is 2. The number of para-hydroxylation sites is 1. The Morgan fingerprint density at radius 1 is 1.35 bits per heavy atom. The molecule has 0 aliphatic carbocycles. The van der Waals surface area contributed by atoms with Crippen molar-refractivity contribution in [2.24, 2.45) is 0 Å². The van der Waals surface area contributed by atoms with Gasteiger partial charge in [-0.2, -0.15) is 0 Å². The third-order valence-electron chi connectivity index (χ3n) is 3.27. The smallest absolute Gasteiger partial charge is 0.219 e. The lowest BCUT2D eigenvalue weighted by Gasteiger charge is -2.17. The Hall–Kier alpha value is -1.77. The van der Waals surface area contributed by atoms with E-state index in [-0.39, 0.29) is 11.8 Å². The molecular formula is C14H15NO2. The first-order chi connectivity index (χ1) is 8.34. The van der Waals surface area contributed by atoms with E-state index in [2.05, 4.69) is 11.4 Å². The van der Waals surface area contributed by atoms with Crippen LogP contribution in [0.2, 0.25) is 0 Å². The predicted octanol–water partition coefficient (Wildman–Crippen LogP) is 2.29. The summed E-state index contributed by atoms with van der Waals surface area (Å²) in [5.74, 6) is 0.627. The number of allylic oxidation sites excluding steroid dienone is 1. The molecule has 1 aromatic carbocycles. The summed E-state index contributed by atoms with van der Waals surface area (Å²) in [5.41, 5.74) is 2.28. The maximum Gasteiger partial charge on any atom is 0.219 e. The van der Waals surface area contributed by atoms with Gasteiger partial charge in [0, 0.05) is 12.1 Å². The van der Waals surface area contributed by atoms with Crippen LogP contribution in [0.1, 0.15) is 18.4 Å². The number of carbonyl (C=O) groups is 1. The van der Waals surface area contributed by atoms with E-state index in [4.69, 9.17) is 4.74 Å². The highest BCUT2D eigenvalue weighted by molar-refractivity contribution is 6.00. The van der Waals surface area contributed by atoms with Gasteiger partial charge in [-0.25, -0.2) is 0 Å². The molecule has 0 aromatic heterocycles. The minimum atomic E-state index is -0.156. The number of fused-ring (bicyclic) bond motifs is 1. The molecule has 2 aliphatic rings. The van der Waals surface area contributed by atoms with E-state index in [1.807, 2.05) is 24.3 Å². The van der Waals surface area contributed by atoms with Crippen LogP contribution in [0.15, 0.2) is 36.1 Å². The van der Waals surface area contributed by atoms with Crippen LogP contribution in [0.3, 0.4) is 0 Å². The Kier molecular flexibility index (Phi) is 2.59. The molecule has 0 radical (unpaired) electrons. The molecule has 1 atom stereocenters. The summed E-state index contributed by atoms with van der Waals surface area (Å²) >= 11 is 0. The van der Waals surface area contributed by atoms with Crippen molar-refractivity contribution in [2.45, 2.75) is 25.3 Å². The fourth-order valence-electron chi connectivity index (χ4n) is 2.36. The van der Waals surface area contributed by atoms with Crippen molar-refractivity contribution in [3.8, 4) is 0 Å². The van der Waals surface area contributed by atoms with Crippen molar-refractivity contribution in [3.63, 3.8) is 0 Å². The van der Waals surface area contributed by atoms with E-state index >= 15 is 0 Å². The Bertz CT molecular complexity index is 454. The standard InChI is InChI=1S/C14H15NO2/c16-14(13-7-3-4-8-17-13)12-9-10-5-1-2-6-11(10)15-12/h1-2,5-7,12,15H,3-4,8-9H2. The minimum absolute atomic E-state index is 0.0842. The molecule has 0 amide bonds. The SMILES string of the molecule is O=C(C1=CCCCO1)C1Cc2ccccc2N1. The summed E-state index contributed by atoms with van der Waals surface area (Å²) < 4.78 is 5.42. The van der Waals surface area contributed by atoms with Gasteiger partial charge in [0.05, 0.1) is 12.6 Å². The van der Waals surface area contributed by atoms with Crippen LogP contribution in [0.25, 0.3) is 0 Å². The first-order valence-corrected chi connectivity index (χ1v) is 6.06. The molecule has 3 heteroatoms. The fraction of sp³-hybridized carbons (Fsp3) is 0.357. The van der Waals surface area contributed by atoms with Gasteiger partial charge in [0.25, 0.3) is 0 Å². The first kappa shape index (κ1) is 10.4. The van der Waals surface area contributed by atoms with Crippen molar-refractivity contribution in [3.05, 3.63) is 41.7 Å². The summed E-state index contributed by atoms with van der Waals surface area (Å²) in [7, 11) is 0. The number of ketones is 1. The zero-order valence-electron chi connectivity index (χ0n) is 9.61. The number of hydrogen-bond donors (Lipinski definition) is 1. The van der Waals surface area contributed by atoms with E-state index in [9.17, 15) is 4.79 Å². The van der Waals surface area contributed by atoms with E-state index in [0.717, 1.165) is 24.9 Å². The second-order valence-corrected chi connectivity index (χ2v) is 4.48. The number of hydrogen-bond acceptors (Lipinski definition) is 3. The van der Waals surface area contributed by atoms with Gasteiger partial charge in [-0.05, 0) is 30.5 Å². The second kappa shape index (κ2) is 4.24. The van der Waals surface area contributed by atoms with Crippen LogP contribution in [0, 0.1) is 0 Å². The number of anilines is 1. The largest absolute Gasteiger partial charge is 0.490 e. The third-order valence-corrected chi connectivity index (χ3v) is 3.27. The van der Waals surface area contributed by atoms with Gasteiger partial charge in [0.1, 0.15) is 0 Å². The maximum atomic E-state index is 12.2. The summed E-state index contributed by atoms with van der Waals surface area (Å²) in [6.45, 7) is 0.664. The van der Waals surface area contributed by atoms with Crippen LogP contribution in [-0.2, 0) is 16.0 Å². The maximum absolute atomic E-state index is 12.2. The molecule has 1 N–H and O–H groups in total. The Labute approximate surface area is 100 Å². The fourth-order valence-corrected chi connectivity index (χ4v) is 2.36. The Balaban J connectivity index is 1.76. The average Bonchev–Trinajstić information content (AvgIpc) is 2.82. The summed E-state index contributed by atoms with van der Waals surface area (Å²) in [6.07, 6.45) is 4.63. The lowest BCUT2D eigenvalue weighted by atomic mass is 10.0. The topological polar surface area (TPSA) is 38.3 Å². The lowest BCUT2D eigenvalue weighted by molar-refractivity contribution is -0.119. The van der Waals surface area contributed by atoms with Crippen LogP contribution >= 0.6 is 0 Å². The number of benzene rings is 1. The third kappa shape index (κ3) is 1.93. The first-order valence-electron chi connectivity index (χ1n) is 6.06. The van der Waals surface area contributed by atoms with Crippen LogP contribution < -0.4 is 5.32 Å². The van der Waals surface area contributed by atoms with Crippen molar-refractivity contribution >= 4 is 11.5 Å². The number of carbonyl (C=O) groups excluding carboxylic acids is 1. The molecule has 3 rings (SSSR count). The quantitative estimate of drug-likeness (QED) is 0.845.